The Hall–Kier alpha value is -9.05. The lowest BCUT2D eigenvalue weighted by molar-refractivity contribution is 0.731. The summed E-state index contributed by atoms with van der Waals surface area (Å²) in [6.07, 6.45) is 3.86. The van der Waals surface area contributed by atoms with Crippen molar-refractivity contribution in [3.8, 4) is 44.5 Å². The van der Waals surface area contributed by atoms with E-state index in [9.17, 15) is 0 Å². The van der Waals surface area contributed by atoms with Gasteiger partial charge in [0.25, 0.3) is 0 Å². The molecule has 0 unspecified atom stereocenters. The van der Waals surface area contributed by atoms with Gasteiger partial charge in [0.2, 0.25) is 6.71 Å². The van der Waals surface area contributed by atoms with Crippen molar-refractivity contribution in [2.45, 2.75) is 5.41 Å². The minimum Gasteiger partial charge on any atom is -0.310 e. The maximum Gasteiger partial charge on any atom is 0.244 e. The van der Waals surface area contributed by atoms with Crippen LogP contribution in [0, 0.1) is 0 Å². The van der Waals surface area contributed by atoms with Gasteiger partial charge in [-0.3, -0.25) is 4.98 Å². The summed E-state index contributed by atoms with van der Waals surface area (Å²) in [5, 5.41) is 4.89. The summed E-state index contributed by atoms with van der Waals surface area (Å²) in [7, 11) is 0. The van der Waals surface area contributed by atoms with Crippen molar-refractivity contribution in [3.63, 3.8) is 0 Å². The summed E-state index contributed by atoms with van der Waals surface area (Å²) in [4.78, 5) is 6.97. The van der Waals surface area contributed by atoms with E-state index in [1.54, 1.807) is 0 Å². The van der Waals surface area contributed by atoms with Gasteiger partial charge in [-0.05, 0) is 125 Å². The third kappa shape index (κ3) is 6.26. The van der Waals surface area contributed by atoms with E-state index in [-0.39, 0.29) is 6.71 Å². The number of hydrogen-bond acceptors (Lipinski definition) is 2. The van der Waals surface area contributed by atoms with E-state index >= 15 is 0 Å². The molecule has 0 atom stereocenters. The van der Waals surface area contributed by atoms with Crippen LogP contribution < -0.4 is 21.3 Å². The molecule has 0 radical (unpaired) electrons. The number of nitrogens with zero attached hydrogens (tertiary/aromatic N) is 2. The van der Waals surface area contributed by atoms with E-state index in [2.05, 4.69) is 271 Å². The first-order chi connectivity index (χ1) is 35.3. The first-order valence-corrected chi connectivity index (χ1v) is 24.6. The van der Waals surface area contributed by atoms with Crippen LogP contribution in [0.5, 0.6) is 0 Å². The Labute approximate surface area is 414 Å². The lowest BCUT2D eigenvalue weighted by Crippen LogP contribution is -2.50. The smallest absolute Gasteiger partial charge is 0.244 e. The fourth-order valence-corrected chi connectivity index (χ4v) is 12.5. The normalized spacial score (nSPS) is 13.1. The third-order valence-corrected chi connectivity index (χ3v) is 15.3. The Morgan fingerprint density at radius 2 is 0.859 bits per heavy atom. The van der Waals surface area contributed by atoms with Crippen molar-refractivity contribution in [2.75, 3.05) is 4.90 Å². The summed E-state index contributed by atoms with van der Waals surface area (Å²) in [5.41, 5.74) is 21.9. The number of pyridine rings is 1. The molecule has 0 saturated carbocycles. The van der Waals surface area contributed by atoms with E-state index < -0.39 is 5.41 Å². The molecule has 330 valence electrons. The standard InChI is InChI=1S/C68H45BN2/c1-5-20-46(21-6-1)55-30-19-31-58-65-63(48-40-42-70-43-41-48)56-28-13-14-29-57(56)64(47-22-7-2-8-23-47)67(65)69(66(55)58)53-38-36-50-45-54(39-37-49(50)44-53)71-61-34-17-15-32-59(61)68(51-24-9-3-10-25-51,52-26-11-4-12-27-52)60-33-16-18-35-62(60)71/h1-45H. The van der Waals surface area contributed by atoms with Crippen LogP contribution in [-0.2, 0) is 5.41 Å². The lowest BCUT2D eigenvalue weighted by atomic mass is 9.37. The van der Waals surface area contributed by atoms with Crippen LogP contribution in [0.25, 0.3) is 66.1 Å². The molecule has 0 spiro atoms. The summed E-state index contributed by atoms with van der Waals surface area (Å²) < 4.78 is 0. The Morgan fingerprint density at radius 1 is 0.352 bits per heavy atom. The second-order valence-corrected chi connectivity index (χ2v) is 18.9. The third-order valence-electron chi connectivity index (χ3n) is 15.3. The SMILES string of the molecule is c1ccc(-c2cccc3c2B(c2ccc4cc(N5c6ccccc6C(c6ccccc6)(c6ccccc6)c6ccccc65)ccc4c2)c2c-3c(-c3ccncc3)c3ccccc3c2-c2ccccc2)cc1. The molecule has 11 aromatic carbocycles. The van der Waals surface area contributed by atoms with E-state index in [1.165, 1.54) is 116 Å². The molecule has 0 bridgehead atoms. The van der Waals surface area contributed by atoms with Gasteiger partial charge < -0.3 is 4.90 Å². The quantitative estimate of drug-likeness (QED) is 0.148. The minimum atomic E-state index is -0.522. The Morgan fingerprint density at radius 3 is 1.51 bits per heavy atom. The van der Waals surface area contributed by atoms with Crippen LogP contribution in [0.3, 0.4) is 0 Å². The molecule has 2 aliphatic heterocycles. The summed E-state index contributed by atoms with van der Waals surface area (Å²) in [5.74, 6) is 0. The topological polar surface area (TPSA) is 16.1 Å². The number of aromatic nitrogens is 1. The van der Waals surface area contributed by atoms with Gasteiger partial charge in [-0.2, -0.15) is 0 Å². The molecule has 0 N–H and O–H groups in total. The van der Waals surface area contributed by atoms with Gasteiger partial charge in [0.1, 0.15) is 0 Å². The molecule has 0 amide bonds. The lowest BCUT2D eigenvalue weighted by Gasteiger charge is -2.46. The number of para-hydroxylation sites is 2. The van der Waals surface area contributed by atoms with Gasteiger partial charge in [0.05, 0.1) is 16.8 Å². The first kappa shape index (κ1) is 41.0. The highest BCUT2D eigenvalue weighted by Gasteiger charge is 2.46. The molecule has 3 heteroatoms. The highest BCUT2D eigenvalue weighted by atomic mass is 15.2. The number of anilines is 3. The Bertz CT molecular complexity index is 3900. The van der Waals surface area contributed by atoms with Crippen molar-refractivity contribution in [1.29, 1.82) is 0 Å². The predicted octanol–water partition coefficient (Wildman–Crippen LogP) is 15.1. The van der Waals surface area contributed by atoms with Crippen molar-refractivity contribution < 1.29 is 0 Å². The van der Waals surface area contributed by atoms with E-state index in [0.717, 1.165) is 5.69 Å². The molecule has 1 aromatic heterocycles. The second kappa shape index (κ2) is 16.6. The molecule has 0 aliphatic carbocycles. The van der Waals surface area contributed by atoms with Gasteiger partial charge in [-0.15, -0.1) is 0 Å². The summed E-state index contributed by atoms with van der Waals surface area (Å²) >= 11 is 0. The Balaban J connectivity index is 0.995. The molecule has 3 heterocycles. The van der Waals surface area contributed by atoms with Gasteiger partial charge in [-0.1, -0.05) is 241 Å². The highest BCUT2D eigenvalue weighted by Crippen LogP contribution is 2.57. The fraction of sp³-hybridized carbons (Fsp3) is 0.0147. The maximum absolute atomic E-state index is 4.49. The monoisotopic (exact) mass is 900 g/mol. The van der Waals surface area contributed by atoms with Crippen molar-refractivity contribution in [2.24, 2.45) is 0 Å². The van der Waals surface area contributed by atoms with Crippen molar-refractivity contribution in [3.05, 3.63) is 296 Å². The molecule has 2 nitrogen and oxygen atoms in total. The van der Waals surface area contributed by atoms with Crippen molar-refractivity contribution in [1.82, 2.24) is 4.98 Å². The highest BCUT2D eigenvalue weighted by molar-refractivity contribution is 7.01. The summed E-state index contributed by atoms with van der Waals surface area (Å²) in [6, 6.07) is 96.7. The van der Waals surface area contributed by atoms with Crippen LogP contribution in [0.1, 0.15) is 22.3 Å². The average molecular weight is 901 g/mol. The zero-order valence-corrected chi connectivity index (χ0v) is 39.0. The minimum absolute atomic E-state index is 0.0640. The fourth-order valence-electron chi connectivity index (χ4n) is 12.5. The van der Waals surface area contributed by atoms with Crippen LogP contribution in [-0.4, -0.2) is 11.7 Å². The number of hydrogen-bond donors (Lipinski definition) is 0. The van der Waals surface area contributed by atoms with Gasteiger partial charge >= 0.3 is 0 Å². The molecule has 2 aliphatic rings. The molecule has 0 fully saturated rings. The first-order valence-electron chi connectivity index (χ1n) is 24.6. The molecule has 12 aromatic rings. The van der Waals surface area contributed by atoms with E-state index in [1.807, 2.05) is 12.4 Å². The van der Waals surface area contributed by atoms with E-state index in [4.69, 9.17) is 0 Å². The van der Waals surface area contributed by atoms with E-state index in [0.29, 0.717) is 0 Å². The maximum atomic E-state index is 4.49. The van der Waals surface area contributed by atoms with Crippen molar-refractivity contribution >= 4 is 61.7 Å². The molecule has 71 heavy (non-hydrogen) atoms. The van der Waals surface area contributed by atoms with Gasteiger partial charge in [-0.25, -0.2) is 0 Å². The number of benzene rings is 11. The number of fused-ring (bicyclic) bond motifs is 7. The molecule has 0 saturated heterocycles. The molecular weight excluding hydrogens is 856 g/mol. The zero-order valence-electron chi connectivity index (χ0n) is 39.0. The predicted molar refractivity (Wildman–Crippen MR) is 299 cm³/mol. The van der Waals surface area contributed by atoms with Gasteiger partial charge in [0, 0.05) is 18.1 Å². The molecular formula is C68H45BN2. The van der Waals surface area contributed by atoms with Crippen LogP contribution in [0.2, 0.25) is 0 Å². The van der Waals surface area contributed by atoms with Gasteiger partial charge in [0.15, 0.2) is 0 Å². The number of rotatable bonds is 7. The van der Waals surface area contributed by atoms with Crippen LogP contribution in [0.4, 0.5) is 17.1 Å². The summed E-state index contributed by atoms with van der Waals surface area (Å²) in [6.45, 7) is -0.0640. The molecule has 14 rings (SSSR count). The average Bonchev–Trinajstić information content (AvgIpc) is 3.80. The zero-order chi connectivity index (χ0) is 46.9. The largest absolute Gasteiger partial charge is 0.310 e. The Kier molecular flexibility index (Phi) is 9.57. The van der Waals surface area contributed by atoms with Crippen LogP contribution in [0.15, 0.2) is 273 Å². The second-order valence-electron chi connectivity index (χ2n) is 18.9. The van der Waals surface area contributed by atoms with Crippen LogP contribution >= 0.6 is 0 Å².